The van der Waals surface area contributed by atoms with E-state index in [0.29, 0.717) is 24.3 Å². The molecule has 2 aliphatic carbocycles. The molecule has 30 heavy (non-hydrogen) atoms. The zero-order valence-corrected chi connectivity index (χ0v) is 18.7. The summed E-state index contributed by atoms with van der Waals surface area (Å²) >= 11 is 0. The second kappa shape index (κ2) is 8.36. The summed E-state index contributed by atoms with van der Waals surface area (Å²) in [5, 5.41) is 0. The van der Waals surface area contributed by atoms with E-state index in [4.69, 9.17) is 9.47 Å². The van der Waals surface area contributed by atoms with E-state index in [1.807, 2.05) is 11.8 Å². The number of rotatable bonds is 7. The number of aromatic nitrogens is 1. The van der Waals surface area contributed by atoms with E-state index < -0.39 is 9.84 Å². The first-order valence-corrected chi connectivity index (χ1v) is 12.9. The van der Waals surface area contributed by atoms with Crippen molar-refractivity contribution in [1.29, 1.82) is 0 Å². The predicted molar refractivity (Wildman–Crippen MR) is 112 cm³/mol. The molecule has 0 aromatic carbocycles. The van der Waals surface area contributed by atoms with Gasteiger partial charge in [-0.25, -0.2) is 18.2 Å². The molecule has 2 heterocycles. The monoisotopic (exact) mass is 436 g/mol. The minimum absolute atomic E-state index is 0.134. The molecular weight excluding hydrogens is 404 g/mol. The maximum atomic E-state index is 12.4. The van der Waals surface area contributed by atoms with E-state index in [2.05, 4.69) is 4.98 Å². The molecule has 2 atom stereocenters. The minimum atomic E-state index is -3.23. The van der Waals surface area contributed by atoms with Crippen LogP contribution in [0.4, 0.5) is 4.79 Å². The Bertz CT molecular complexity index is 858. The lowest BCUT2D eigenvalue weighted by Gasteiger charge is -2.40. The first-order valence-electron chi connectivity index (χ1n) is 11.0. The lowest BCUT2D eigenvalue weighted by molar-refractivity contribution is -0.0508. The summed E-state index contributed by atoms with van der Waals surface area (Å²) in [5.41, 5.74) is -0.227. The van der Waals surface area contributed by atoms with E-state index in [0.717, 1.165) is 57.5 Å². The Hall–Kier alpha value is -1.83. The third kappa shape index (κ3) is 5.07. The summed E-state index contributed by atoms with van der Waals surface area (Å²) in [6.07, 6.45) is 9.83. The molecule has 1 unspecified atom stereocenters. The van der Waals surface area contributed by atoms with Gasteiger partial charge in [0.15, 0.2) is 9.84 Å². The Morgan fingerprint density at radius 3 is 2.57 bits per heavy atom. The molecule has 4 rings (SSSR count). The molecule has 3 fully saturated rings. The number of pyridine rings is 1. The van der Waals surface area contributed by atoms with Gasteiger partial charge >= 0.3 is 6.09 Å². The average molecular weight is 437 g/mol. The summed E-state index contributed by atoms with van der Waals surface area (Å²) < 4.78 is 34.3. The first kappa shape index (κ1) is 21.4. The fraction of sp³-hybridized carbons (Fsp3) is 0.727. The lowest BCUT2D eigenvalue weighted by atomic mass is 9.82. The molecule has 1 amide bonds. The number of sulfone groups is 1. The molecule has 1 aliphatic heterocycles. The molecule has 0 N–H and O–H groups in total. The maximum absolute atomic E-state index is 12.4. The zero-order chi connectivity index (χ0) is 21.4. The van der Waals surface area contributed by atoms with Crippen molar-refractivity contribution in [3.05, 3.63) is 18.3 Å². The highest BCUT2D eigenvalue weighted by Gasteiger charge is 2.44. The van der Waals surface area contributed by atoms with Crippen molar-refractivity contribution in [1.82, 2.24) is 9.88 Å². The third-order valence-electron chi connectivity index (χ3n) is 7.00. The largest absolute Gasteiger partial charge is 0.478 e. The molecule has 0 spiro atoms. The summed E-state index contributed by atoms with van der Waals surface area (Å²) in [4.78, 5) is 18.5. The van der Waals surface area contributed by atoms with Crippen LogP contribution < -0.4 is 4.74 Å². The molecule has 0 radical (unpaired) electrons. The topological polar surface area (TPSA) is 85.8 Å². The van der Waals surface area contributed by atoms with Gasteiger partial charge in [0.2, 0.25) is 5.88 Å². The fourth-order valence-electron chi connectivity index (χ4n) is 4.73. The molecule has 1 saturated heterocycles. The molecule has 0 bridgehead atoms. The number of hydrogen-bond donors (Lipinski definition) is 0. The van der Waals surface area contributed by atoms with Gasteiger partial charge in [-0.3, -0.25) is 0 Å². The number of amides is 1. The van der Waals surface area contributed by atoms with Crippen molar-refractivity contribution < 1.29 is 22.7 Å². The molecule has 8 heteroatoms. The predicted octanol–water partition coefficient (Wildman–Crippen LogP) is 3.68. The SMILES string of the molecule is CC1(OC(=O)N2CCC(C3C[C@H]3CCOc3ccc(S(C)(=O)=O)cn3)CC2)CCC1. The van der Waals surface area contributed by atoms with Gasteiger partial charge in [0, 0.05) is 31.6 Å². The van der Waals surface area contributed by atoms with Gasteiger partial charge in [0.25, 0.3) is 0 Å². The quantitative estimate of drug-likeness (QED) is 0.648. The molecule has 166 valence electrons. The second-order valence-electron chi connectivity index (χ2n) is 9.40. The Labute approximate surface area is 179 Å². The third-order valence-corrected chi connectivity index (χ3v) is 8.10. The van der Waals surface area contributed by atoms with Crippen LogP contribution in [0, 0.1) is 17.8 Å². The fourth-order valence-corrected chi connectivity index (χ4v) is 5.29. The molecule has 2 saturated carbocycles. The Kier molecular flexibility index (Phi) is 5.97. The van der Waals surface area contributed by atoms with Gasteiger partial charge in [0.05, 0.1) is 11.5 Å². The Morgan fingerprint density at radius 2 is 2.00 bits per heavy atom. The maximum Gasteiger partial charge on any atom is 0.410 e. The van der Waals surface area contributed by atoms with Crippen LogP contribution in [0.3, 0.4) is 0 Å². The molecule has 1 aromatic rings. The van der Waals surface area contributed by atoms with Crippen LogP contribution in [0.1, 0.15) is 51.9 Å². The number of carbonyl (C=O) groups excluding carboxylic acids is 1. The van der Waals surface area contributed by atoms with E-state index in [-0.39, 0.29) is 16.6 Å². The number of likely N-dealkylation sites (tertiary alicyclic amines) is 1. The van der Waals surface area contributed by atoms with E-state index >= 15 is 0 Å². The summed E-state index contributed by atoms with van der Waals surface area (Å²) in [6.45, 7) is 4.23. The van der Waals surface area contributed by atoms with Gasteiger partial charge in [-0.2, -0.15) is 0 Å². The second-order valence-corrected chi connectivity index (χ2v) is 11.4. The van der Waals surface area contributed by atoms with Crippen LogP contribution >= 0.6 is 0 Å². The van der Waals surface area contributed by atoms with Gasteiger partial charge in [0.1, 0.15) is 5.60 Å². The smallest absolute Gasteiger partial charge is 0.410 e. The van der Waals surface area contributed by atoms with Gasteiger partial charge in [-0.1, -0.05) is 0 Å². The Balaban J connectivity index is 1.14. The van der Waals surface area contributed by atoms with Crippen LogP contribution in [-0.2, 0) is 14.6 Å². The van der Waals surface area contributed by atoms with Crippen molar-refractivity contribution >= 4 is 15.9 Å². The number of hydrogen-bond acceptors (Lipinski definition) is 6. The summed E-state index contributed by atoms with van der Waals surface area (Å²) in [7, 11) is -3.23. The van der Waals surface area contributed by atoms with Crippen molar-refractivity contribution in [3.63, 3.8) is 0 Å². The van der Waals surface area contributed by atoms with E-state index in [1.165, 1.54) is 24.9 Å². The summed E-state index contributed by atoms with van der Waals surface area (Å²) in [6, 6.07) is 3.14. The van der Waals surface area contributed by atoms with Crippen LogP contribution in [0.2, 0.25) is 0 Å². The van der Waals surface area contributed by atoms with Crippen LogP contribution in [0.15, 0.2) is 23.2 Å². The van der Waals surface area contributed by atoms with Crippen molar-refractivity contribution in [2.75, 3.05) is 26.0 Å². The minimum Gasteiger partial charge on any atom is -0.478 e. The van der Waals surface area contributed by atoms with Crippen LogP contribution in [0.25, 0.3) is 0 Å². The van der Waals surface area contributed by atoms with Gasteiger partial charge in [-0.05, 0) is 75.7 Å². The van der Waals surface area contributed by atoms with Gasteiger partial charge in [-0.15, -0.1) is 0 Å². The first-order chi connectivity index (χ1) is 14.2. The van der Waals surface area contributed by atoms with Crippen LogP contribution in [0.5, 0.6) is 5.88 Å². The molecule has 1 aromatic heterocycles. The zero-order valence-electron chi connectivity index (χ0n) is 17.9. The highest BCUT2D eigenvalue weighted by atomic mass is 32.2. The average Bonchev–Trinajstić information content (AvgIpc) is 3.46. The number of piperidine rings is 1. The molecule has 3 aliphatic rings. The summed E-state index contributed by atoms with van der Waals surface area (Å²) in [5.74, 6) is 2.56. The number of nitrogens with zero attached hydrogens (tertiary/aromatic N) is 2. The van der Waals surface area contributed by atoms with Gasteiger partial charge < -0.3 is 14.4 Å². The molecular formula is C22H32N2O5S. The standard InChI is InChI=1S/C22H32N2O5S/c1-22(9-3-10-22)29-21(25)24-11-6-16(7-12-24)19-14-17(19)8-13-28-20-5-4-18(15-23-20)30(2,26)27/h4-5,15-17,19H,3,6-14H2,1-2H3/t17-,19?/m1/s1. The highest BCUT2D eigenvalue weighted by Crippen LogP contribution is 2.49. The van der Waals surface area contributed by atoms with Crippen LogP contribution in [-0.4, -0.2) is 55.9 Å². The normalized spacial score (nSPS) is 26.0. The van der Waals surface area contributed by atoms with Crippen molar-refractivity contribution in [2.24, 2.45) is 17.8 Å². The van der Waals surface area contributed by atoms with Crippen molar-refractivity contribution in [2.45, 2.75) is 62.4 Å². The number of carbonyl (C=O) groups is 1. The van der Waals surface area contributed by atoms with E-state index in [9.17, 15) is 13.2 Å². The highest BCUT2D eigenvalue weighted by molar-refractivity contribution is 7.90. The molecule has 7 nitrogen and oxygen atoms in total. The van der Waals surface area contributed by atoms with E-state index in [1.54, 1.807) is 6.07 Å². The van der Waals surface area contributed by atoms with Crippen molar-refractivity contribution in [3.8, 4) is 5.88 Å². The Morgan fingerprint density at radius 1 is 1.27 bits per heavy atom. The number of ether oxygens (including phenoxy) is 2. The lowest BCUT2D eigenvalue weighted by Crippen LogP contribution is -2.46.